The Labute approximate surface area is 179 Å². The molecule has 4 atom stereocenters. The molecule has 7 heteroatoms. The Morgan fingerprint density at radius 2 is 1.04 bits per heavy atom. The van der Waals surface area contributed by atoms with E-state index in [1.54, 1.807) is 0 Å². The fourth-order valence-corrected chi connectivity index (χ4v) is 5.24. The molecule has 2 aliphatic rings. The van der Waals surface area contributed by atoms with E-state index in [1.807, 2.05) is 60.7 Å². The Hall–Kier alpha value is 0.240. The van der Waals surface area contributed by atoms with Gasteiger partial charge in [-0.3, -0.25) is 0 Å². The van der Waals surface area contributed by atoms with Crippen LogP contribution in [0.15, 0.2) is 60.7 Å². The highest BCUT2D eigenvalue weighted by atomic mass is 79.9. The Morgan fingerprint density at radius 3 is 1.32 bits per heavy atom. The van der Waals surface area contributed by atoms with Crippen molar-refractivity contribution in [1.29, 1.82) is 0 Å². The van der Waals surface area contributed by atoms with Gasteiger partial charge in [0.05, 0.1) is 13.2 Å². The maximum atomic E-state index is 6.74. The fourth-order valence-electron chi connectivity index (χ4n) is 2.70. The Morgan fingerprint density at radius 1 is 0.720 bits per heavy atom. The van der Waals surface area contributed by atoms with Crippen molar-refractivity contribution in [2.24, 2.45) is 0 Å². The van der Waals surface area contributed by atoms with Gasteiger partial charge in [-0.05, 0) is 74.8 Å². The van der Waals surface area contributed by atoms with Crippen LogP contribution in [0.2, 0.25) is 0 Å². The van der Waals surface area contributed by atoms with E-state index in [-0.39, 0.29) is 0 Å². The first-order valence-corrected chi connectivity index (χ1v) is 10.9. The van der Waals surface area contributed by atoms with E-state index in [2.05, 4.69) is 63.7 Å². The molecule has 0 saturated carbocycles. The predicted molar refractivity (Wildman–Crippen MR) is 110 cm³/mol. The Bertz CT molecular complexity index is 699. The molecule has 3 nitrogen and oxygen atoms in total. The molecule has 0 bridgehead atoms. The monoisotopic (exact) mass is 594 g/mol. The summed E-state index contributed by atoms with van der Waals surface area (Å²) in [4.78, 5) is 0. The van der Waals surface area contributed by atoms with Crippen LogP contribution in [0.25, 0.3) is 0 Å². The van der Waals surface area contributed by atoms with Gasteiger partial charge in [0.1, 0.15) is 0 Å². The molecule has 0 spiro atoms. The molecule has 4 rings (SSSR count). The molecule has 0 amide bonds. The van der Waals surface area contributed by atoms with Crippen molar-refractivity contribution in [1.82, 2.24) is 0 Å². The summed E-state index contributed by atoms with van der Waals surface area (Å²) in [5.41, 5.74) is 1.89. The minimum Gasteiger partial charge on any atom is -0.353 e. The number of ether oxygens (including phenoxy) is 3. The predicted octanol–water partition coefficient (Wildman–Crippen LogP) is 5.74. The molecule has 2 aromatic rings. The Kier molecular flexibility index (Phi) is 4.76. The zero-order chi connectivity index (χ0) is 17.8. The second-order valence-corrected chi connectivity index (χ2v) is 10.9. The number of halogens is 4. The molecule has 132 valence electrons. The molecule has 0 radical (unpaired) electrons. The molecule has 0 N–H and O–H groups in total. The topological polar surface area (TPSA) is 34.3 Å². The van der Waals surface area contributed by atoms with Gasteiger partial charge < -0.3 is 14.2 Å². The van der Waals surface area contributed by atoms with Crippen molar-refractivity contribution in [3.05, 3.63) is 71.8 Å². The van der Waals surface area contributed by atoms with Gasteiger partial charge in [-0.15, -0.1) is 0 Å². The quantitative estimate of drug-likeness (QED) is 0.315. The van der Waals surface area contributed by atoms with Crippen LogP contribution in [0.1, 0.15) is 11.1 Å². The highest BCUT2D eigenvalue weighted by Crippen LogP contribution is 2.64. The summed E-state index contributed by atoms with van der Waals surface area (Å²) in [7, 11) is 0. The van der Waals surface area contributed by atoms with E-state index in [0.29, 0.717) is 13.2 Å². The summed E-state index contributed by atoms with van der Waals surface area (Å²) in [5.74, 6) is 0. The van der Waals surface area contributed by atoms with Crippen molar-refractivity contribution in [2.45, 2.75) is 18.0 Å². The maximum absolute atomic E-state index is 6.74. The number of rotatable bonds is 6. The summed E-state index contributed by atoms with van der Waals surface area (Å²) in [6.45, 7) is 1.06. The van der Waals surface area contributed by atoms with Gasteiger partial charge in [0.2, 0.25) is 0 Å². The highest BCUT2D eigenvalue weighted by molar-refractivity contribution is 9.13. The van der Waals surface area contributed by atoms with E-state index in [0.717, 1.165) is 11.1 Å². The summed E-state index contributed by atoms with van der Waals surface area (Å²) >= 11 is 15.0. The average molecular weight is 598 g/mol. The first-order valence-electron chi connectivity index (χ1n) is 7.68. The first-order chi connectivity index (χ1) is 11.8. The zero-order valence-corrected chi connectivity index (χ0v) is 19.3. The third-order valence-electron chi connectivity index (χ3n) is 4.33. The zero-order valence-electron chi connectivity index (χ0n) is 12.9. The lowest BCUT2D eigenvalue weighted by Gasteiger charge is -2.41. The van der Waals surface area contributed by atoms with E-state index in [4.69, 9.17) is 14.2 Å². The minimum atomic E-state index is -0.923. The molecule has 0 aromatic heterocycles. The van der Waals surface area contributed by atoms with Gasteiger partial charge in [-0.2, -0.15) is 0 Å². The normalized spacial score (nSPS) is 32.5. The molecule has 4 unspecified atom stereocenters. The lowest BCUT2D eigenvalue weighted by atomic mass is 10.0. The van der Waals surface area contributed by atoms with Crippen LogP contribution in [0.4, 0.5) is 0 Å². The SMILES string of the molecule is BrC1(C(Br)(OC(Br)(c2ccccc2)C2(Br)CO2)c2ccccc2)CO1. The number of hydrogen-bond acceptors (Lipinski definition) is 3. The van der Waals surface area contributed by atoms with Crippen molar-refractivity contribution in [3.63, 3.8) is 0 Å². The molecule has 2 heterocycles. The van der Waals surface area contributed by atoms with Crippen LogP contribution in [0.5, 0.6) is 0 Å². The van der Waals surface area contributed by atoms with Crippen molar-refractivity contribution in [2.75, 3.05) is 13.2 Å². The summed E-state index contributed by atoms with van der Waals surface area (Å²) in [6.07, 6.45) is 0. The van der Waals surface area contributed by atoms with Crippen molar-refractivity contribution >= 4 is 63.7 Å². The molecule has 0 aliphatic carbocycles. The second kappa shape index (κ2) is 6.40. The molecule has 25 heavy (non-hydrogen) atoms. The number of hydrogen-bond donors (Lipinski definition) is 0. The third kappa shape index (κ3) is 3.10. The number of benzene rings is 2. The number of alkyl halides is 4. The van der Waals surface area contributed by atoms with Crippen LogP contribution in [-0.2, 0) is 23.2 Å². The van der Waals surface area contributed by atoms with E-state index in [9.17, 15) is 0 Å². The van der Waals surface area contributed by atoms with Crippen LogP contribution in [0, 0.1) is 0 Å². The largest absolute Gasteiger partial charge is 0.353 e. The molecular weight excluding hydrogens is 584 g/mol. The lowest BCUT2D eigenvalue weighted by Crippen LogP contribution is -2.46. The average Bonchev–Trinajstić information content (AvgIpc) is 3.56. The van der Waals surface area contributed by atoms with Gasteiger partial charge in [0.25, 0.3) is 0 Å². The first kappa shape index (κ1) is 18.6. The highest BCUT2D eigenvalue weighted by Gasteiger charge is 2.69. The smallest absolute Gasteiger partial charge is 0.191 e. The number of epoxide rings is 2. The molecule has 2 saturated heterocycles. The van der Waals surface area contributed by atoms with Gasteiger partial charge in [0.15, 0.2) is 18.0 Å². The maximum Gasteiger partial charge on any atom is 0.191 e. The van der Waals surface area contributed by atoms with Gasteiger partial charge in [-0.1, -0.05) is 60.7 Å². The van der Waals surface area contributed by atoms with Crippen LogP contribution >= 0.6 is 63.7 Å². The molecule has 2 fully saturated rings. The molecule has 2 aromatic carbocycles. The fraction of sp³-hybridized carbons (Fsp3) is 0.333. The van der Waals surface area contributed by atoms with Crippen molar-refractivity contribution < 1.29 is 14.2 Å². The van der Waals surface area contributed by atoms with Crippen LogP contribution in [0.3, 0.4) is 0 Å². The van der Waals surface area contributed by atoms with Gasteiger partial charge >= 0.3 is 0 Å². The van der Waals surface area contributed by atoms with Crippen LogP contribution in [-0.4, -0.2) is 22.2 Å². The second-order valence-electron chi connectivity index (χ2n) is 6.06. The van der Waals surface area contributed by atoms with E-state index >= 15 is 0 Å². The van der Waals surface area contributed by atoms with Gasteiger partial charge in [-0.25, -0.2) is 0 Å². The lowest BCUT2D eigenvalue weighted by molar-refractivity contribution is -0.0897. The van der Waals surface area contributed by atoms with Gasteiger partial charge in [0, 0.05) is 0 Å². The van der Waals surface area contributed by atoms with E-state index < -0.39 is 18.0 Å². The van der Waals surface area contributed by atoms with Crippen LogP contribution < -0.4 is 0 Å². The minimum absolute atomic E-state index is 0.529. The Balaban J connectivity index is 1.81. The summed E-state index contributed by atoms with van der Waals surface area (Å²) in [6, 6.07) is 19.9. The van der Waals surface area contributed by atoms with E-state index in [1.165, 1.54) is 0 Å². The molecular formula is C18H14Br4O3. The standard InChI is InChI=1S/C18H14Br4O3/c19-15(11-23-15)17(21,13-7-3-1-4-8-13)25-18(22,16(20)12-24-16)14-9-5-2-6-10-14/h1-10H,11-12H2. The summed E-state index contributed by atoms with van der Waals surface area (Å²) in [5, 5.41) is 0. The third-order valence-corrected chi connectivity index (χ3v) is 9.94. The molecule has 2 aliphatic heterocycles. The summed E-state index contributed by atoms with van der Waals surface area (Å²) < 4.78 is 15.0. The van der Waals surface area contributed by atoms with Crippen molar-refractivity contribution in [3.8, 4) is 0 Å².